The molecule has 0 radical (unpaired) electrons. The molecule has 122 valence electrons. The summed E-state index contributed by atoms with van der Waals surface area (Å²) in [7, 11) is 0. The number of nitrogens with one attached hydrogen (secondary N) is 1. The van der Waals surface area contributed by atoms with Gasteiger partial charge in [-0.1, -0.05) is 26.7 Å². The zero-order valence-corrected chi connectivity index (χ0v) is 13.4. The van der Waals surface area contributed by atoms with Gasteiger partial charge in [-0.25, -0.2) is 4.79 Å². The zero-order valence-electron chi connectivity index (χ0n) is 13.4. The Morgan fingerprint density at radius 1 is 1.14 bits per heavy atom. The van der Waals surface area contributed by atoms with Crippen molar-refractivity contribution in [2.24, 2.45) is 11.8 Å². The monoisotopic (exact) mass is 298 g/mol. The van der Waals surface area contributed by atoms with Crippen molar-refractivity contribution in [3.8, 4) is 0 Å². The summed E-state index contributed by atoms with van der Waals surface area (Å²) in [5.41, 5.74) is 0. The number of carboxylic acids is 1. The van der Waals surface area contributed by atoms with Crippen molar-refractivity contribution in [1.82, 2.24) is 10.2 Å². The molecule has 0 bridgehead atoms. The fourth-order valence-corrected chi connectivity index (χ4v) is 2.83. The maximum absolute atomic E-state index is 12.0. The van der Waals surface area contributed by atoms with E-state index in [1.54, 1.807) is 0 Å². The predicted octanol–water partition coefficient (Wildman–Crippen LogP) is 3.10. The van der Waals surface area contributed by atoms with Crippen LogP contribution in [0.25, 0.3) is 0 Å². The van der Waals surface area contributed by atoms with E-state index in [0.29, 0.717) is 12.5 Å². The lowest BCUT2D eigenvalue weighted by Gasteiger charge is -2.33. The second kappa shape index (κ2) is 9.64. The average molecular weight is 298 g/mol. The van der Waals surface area contributed by atoms with Crippen LogP contribution in [-0.4, -0.2) is 41.6 Å². The van der Waals surface area contributed by atoms with Gasteiger partial charge in [0.15, 0.2) is 0 Å². The summed E-state index contributed by atoms with van der Waals surface area (Å²) in [6, 6.07) is 0.0581. The number of carbonyl (C=O) groups is 2. The van der Waals surface area contributed by atoms with Gasteiger partial charge in [-0.3, -0.25) is 4.79 Å². The number of nitrogens with zero attached hydrogens (tertiary/aromatic N) is 1. The quantitative estimate of drug-likeness (QED) is 0.676. The molecule has 1 heterocycles. The molecule has 0 saturated carbocycles. The molecule has 1 rings (SSSR count). The van der Waals surface area contributed by atoms with E-state index in [2.05, 4.69) is 19.2 Å². The lowest BCUT2D eigenvalue weighted by molar-refractivity contribution is -0.137. The van der Waals surface area contributed by atoms with Crippen LogP contribution in [0, 0.1) is 11.8 Å². The number of hydrogen-bond acceptors (Lipinski definition) is 2. The van der Waals surface area contributed by atoms with Gasteiger partial charge >= 0.3 is 12.0 Å². The molecule has 0 aromatic heterocycles. The van der Waals surface area contributed by atoms with E-state index in [1.165, 1.54) is 0 Å². The molecule has 5 nitrogen and oxygen atoms in total. The maximum Gasteiger partial charge on any atom is 0.317 e. The molecular formula is C16H30N2O3. The Labute approximate surface area is 128 Å². The zero-order chi connectivity index (χ0) is 15.7. The van der Waals surface area contributed by atoms with E-state index >= 15 is 0 Å². The lowest BCUT2D eigenvalue weighted by atomic mass is 9.87. The van der Waals surface area contributed by atoms with E-state index in [-0.39, 0.29) is 12.5 Å². The van der Waals surface area contributed by atoms with Crippen molar-refractivity contribution in [2.75, 3.05) is 19.6 Å². The molecule has 1 saturated heterocycles. The van der Waals surface area contributed by atoms with Crippen molar-refractivity contribution in [2.45, 2.75) is 58.8 Å². The van der Waals surface area contributed by atoms with Crippen molar-refractivity contribution >= 4 is 12.0 Å². The Morgan fingerprint density at radius 3 is 2.33 bits per heavy atom. The standard InChI is InChI=1S/C16H30N2O3/c1-13(2)14-8-11-18(12-9-14)16(21)17-10-6-4-3-5-7-15(19)20/h13-14H,3-12H2,1-2H3,(H,17,21)(H,19,20). The van der Waals surface area contributed by atoms with E-state index in [0.717, 1.165) is 57.5 Å². The molecule has 0 atom stereocenters. The summed E-state index contributed by atoms with van der Waals surface area (Å²) >= 11 is 0. The number of carbonyl (C=O) groups excluding carboxylic acids is 1. The number of piperidine rings is 1. The first kappa shape index (κ1) is 17.8. The van der Waals surface area contributed by atoms with Crippen LogP contribution in [0.4, 0.5) is 4.79 Å². The number of aliphatic carboxylic acids is 1. The van der Waals surface area contributed by atoms with E-state index in [9.17, 15) is 9.59 Å². The summed E-state index contributed by atoms with van der Waals surface area (Å²) in [5.74, 6) is 0.734. The Bertz CT molecular complexity index is 323. The molecule has 1 aliphatic rings. The largest absolute Gasteiger partial charge is 0.481 e. The summed E-state index contributed by atoms with van der Waals surface area (Å²) in [6.07, 6.45) is 6.02. The smallest absolute Gasteiger partial charge is 0.317 e. The molecule has 2 amide bonds. The molecule has 2 N–H and O–H groups in total. The molecule has 0 spiro atoms. The Hall–Kier alpha value is -1.26. The van der Waals surface area contributed by atoms with Gasteiger partial charge in [0, 0.05) is 26.1 Å². The molecule has 0 unspecified atom stereocenters. The van der Waals surface area contributed by atoms with Crippen LogP contribution in [0.15, 0.2) is 0 Å². The van der Waals surface area contributed by atoms with Gasteiger partial charge in [0.25, 0.3) is 0 Å². The van der Waals surface area contributed by atoms with E-state index < -0.39 is 5.97 Å². The van der Waals surface area contributed by atoms with Crippen LogP contribution in [0.2, 0.25) is 0 Å². The number of likely N-dealkylation sites (tertiary alicyclic amines) is 1. The van der Waals surface area contributed by atoms with E-state index in [1.807, 2.05) is 4.90 Å². The summed E-state index contributed by atoms with van der Waals surface area (Å²) < 4.78 is 0. The molecule has 0 aromatic rings. The Morgan fingerprint density at radius 2 is 1.76 bits per heavy atom. The number of urea groups is 1. The average Bonchev–Trinajstić information content (AvgIpc) is 2.45. The first-order valence-corrected chi connectivity index (χ1v) is 8.25. The van der Waals surface area contributed by atoms with Crippen LogP contribution in [0.3, 0.4) is 0 Å². The van der Waals surface area contributed by atoms with Gasteiger partial charge in [-0.15, -0.1) is 0 Å². The second-order valence-corrected chi connectivity index (χ2v) is 6.36. The fraction of sp³-hybridized carbons (Fsp3) is 0.875. The molecule has 0 aromatic carbocycles. The maximum atomic E-state index is 12.0. The lowest BCUT2D eigenvalue weighted by Crippen LogP contribution is -2.45. The van der Waals surface area contributed by atoms with Crippen molar-refractivity contribution in [3.63, 3.8) is 0 Å². The highest BCUT2D eigenvalue weighted by Crippen LogP contribution is 2.24. The number of unbranched alkanes of at least 4 members (excludes halogenated alkanes) is 3. The minimum absolute atomic E-state index is 0.0581. The summed E-state index contributed by atoms with van der Waals surface area (Å²) in [4.78, 5) is 24.3. The van der Waals surface area contributed by atoms with Crippen LogP contribution in [-0.2, 0) is 4.79 Å². The van der Waals surface area contributed by atoms with Gasteiger partial charge in [-0.2, -0.15) is 0 Å². The fourth-order valence-electron chi connectivity index (χ4n) is 2.83. The van der Waals surface area contributed by atoms with Crippen molar-refractivity contribution < 1.29 is 14.7 Å². The van der Waals surface area contributed by atoms with Crippen LogP contribution in [0.1, 0.15) is 58.8 Å². The molecule has 1 fully saturated rings. The highest BCUT2D eigenvalue weighted by molar-refractivity contribution is 5.74. The minimum Gasteiger partial charge on any atom is -0.481 e. The third-order valence-corrected chi connectivity index (χ3v) is 4.36. The van der Waals surface area contributed by atoms with Crippen LogP contribution in [0.5, 0.6) is 0 Å². The topological polar surface area (TPSA) is 69.6 Å². The number of hydrogen-bond donors (Lipinski definition) is 2. The van der Waals surface area contributed by atoms with Crippen LogP contribution >= 0.6 is 0 Å². The Balaban J connectivity index is 2.03. The van der Waals surface area contributed by atoms with Gasteiger partial charge in [0.2, 0.25) is 0 Å². The number of amides is 2. The molecule has 0 aliphatic carbocycles. The Kier molecular flexibility index (Phi) is 8.16. The SMILES string of the molecule is CC(C)C1CCN(C(=O)NCCCCCCC(=O)O)CC1. The van der Waals surface area contributed by atoms with Crippen LogP contribution < -0.4 is 5.32 Å². The van der Waals surface area contributed by atoms with E-state index in [4.69, 9.17) is 5.11 Å². The third-order valence-electron chi connectivity index (χ3n) is 4.36. The highest BCUT2D eigenvalue weighted by atomic mass is 16.4. The third kappa shape index (κ3) is 7.34. The van der Waals surface area contributed by atoms with Gasteiger partial charge in [-0.05, 0) is 37.5 Å². The predicted molar refractivity (Wildman–Crippen MR) is 83.3 cm³/mol. The molecule has 21 heavy (non-hydrogen) atoms. The first-order chi connectivity index (χ1) is 10.0. The van der Waals surface area contributed by atoms with Crippen molar-refractivity contribution in [3.05, 3.63) is 0 Å². The van der Waals surface area contributed by atoms with Crippen molar-refractivity contribution in [1.29, 1.82) is 0 Å². The number of rotatable bonds is 8. The minimum atomic E-state index is -0.729. The second-order valence-electron chi connectivity index (χ2n) is 6.36. The number of carboxylic acid groups (broad SMARTS) is 1. The normalized spacial score (nSPS) is 16.2. The highest BCUT2D eigenvalue weighted by Gasteiger charge is 2.24. The summed E-state index contributed by atoms with van der Waals surface area (Å²) in [5, 5.41) is 11.5. The van der Waals surface area contributed by atoms with Gasteiger partial charge < -0.3 is 15.3 Å². The molecule has 1 aliphatic heterocycles. The summed E-state index contributed by atoms with van der Waals surface area (Å²) in [6.45, 7) is 6.94. The molecular weight excluding hydrogens is 268 g/mol. The van der Waals surface area contributed by atoms with Gasteiger partial charge in [0.05, 0.1) is 0 Å². The molecule has 5 heteroatoms. The van der Waals surface area contributed by atoms with Gasteiger partial charge in [0.1, 0.15) is 0 Å². The first-order valence-electron chi connectivity index (χ1n) is 8.25.